The quantitative estimate of drug-likeness (QED) is 0.369. The minimum Gasteiger partial charge on any atom is -0.489 e. The van der Waals surface area contributed by atoms with Crippen molar-refractivity contribution in [3.05, 3.63) is 68.1 Å². The molecular weight excluding hydrogens is 464 g/mol. The predicted octanol–water partition coefficient (Wildman–Crippen LogP) is 5.71. The number of benzene rings is 2. The maximum absolute atomic E-state index is 11.5. The number of hydrogen-bond donors (Lipinski definition) is 1. The smallest absolute Gasteiger partial charge is 0.358 e. The Balaban J connectivity index is 2.20. The van der Waals surface area contributed by atoms with Gasteiger partial charge in [0, 0.05) is 17.7 Å². The van der Waals surface area contributed by atoms with E-state index in [-0.39, 0.29) is 39.2 Å². The van der Waals surface area contributed by atoms with Gasteiger partial charge in [0.15, 0.2) is 11.5 Å². The fraction of sp³-hybridized carbons (Fsp3) is 0.158. The normalized spacial score (nSPS) is 11.0. The Labute approximate surface area is 187 Å². The lowest BCUT2D eigenvalue weighted by Crippen LogP contribution is -2.17. The van der Waals surface area contributed by atoms with E-state index in [4.69, 9.17) is 55.9 Å². The molecule has 0 fully saturated rings. The SMILES string of the molecule is CON=C(C(=O)O)c1ccccc1COc1cc(Cl)c(OCC=C(Cl)Cl)c(Cl)c1. The van der Waals surface area contributed by atoms with E-state index in [1.165, 1.54) is 25.3 Å². The molecule has 2 rings (SSSR count). The number of oxime groups is 1. The highest BCUT2D eigenvalue weighted by Crippen LogP contribution is 2.37. The van der Waals surface area contributed by atoms with E-state index in [0.717, 1.165) is 0 Å². The lowest BCUT2D eigenvalue weighted by atomic mass is 10.0. The maximum atomic E-state index is 11.5. The standard InChI is InChI=1S/C19H15Cl4NO5/c1-27-24-17(19(25)26)13-5-3-2-4-11(13)10-29-12-8-14(20)18(15(21)9-12)28-7-6-16(22)23/h2-6,8-9H,7,10H2,1H3,(H,25,26). The Morgan fingerprint density at radius 1 is 1.14 bits per heavy atom. The molecule has 0 unspecified atom stereocenters. The molecule has 0 heterocycles. The molecule has 0 radical (unpaired) electrons. The summed E-state index contributed by atoms with van der Waals surface area (Å²) < 4.78 is 11.2. The highest BCUT2D eigenvalue weighted by atomic mass is 35.5. The number of hydrogen-bond acceptors (Lipinski definition) is 5. The Bertz CT molecular complexity index is 919. The number of rotatable bonds is 9. The average molecular weight is 479 g/mol. The van der Waals surface area contributed by atoms with Crippen LogP contribution < -0.4 is 9.47 Å². The minimum absolute atomic E-state index is 0.0453. The fourth-order valence-electron chi connectivity index (χ4n) is 2.28. The van der Waals surface area contributed by atoms with Crippen LogP contribution in [0.15, 0.2) is 52.1 Å². The summed E-state index contributed by atoms with van der Waals surface area (Å²) in [6.07, 6.45) is 1.44. The number of carboxylic acid groups (broad SMARTS) is 1. The Morgan fingerprint density at radius 2 is 1.79 bits per heavy atom. The number of ether oxygens (including phenoxy) is 2. The second-order valence-electron chi connectivity index (χ2n) is 5.39. The average Bonchev–Trinajstić information content (AvgIpc) is 2.66. The highest BCUT2D eigenvalue weighted by molar-refractivity contribution is 6.55. The summed E-state index contributed by atoms with van der Waals surface area (Å²) >= 11 is 23.5. The molecule has 0 saturated heterocycles. The molecule has 0 spiro atoms. The largest absolute Gasteiger partial charge is 0.489 e. The summed E-state index contributed by atoms with van der Waals surface area (Å²) in [5.74, 6) is -0.598. The van der Waals surface area contributed by atoms with Gasteiger partial charge in [0.2, 0.25) is 0 Å². The number of carboxylic acids is 1. The molecule has 154 valence electrons. The third-order valence-electron chi connectivity index (χ3n) is 3.49. The molecule has 0 aliphatic heterocycles. The Hall–Kier alpha value is -2.12. The summed E-state index contributed by atoms with van der Waals surface area (Å²) in [6, 6.07) is 9.82. The molecule has 29 heavy (non-hydrogen) atoms. The molecular formula is C19H15Cl4NO5. The lowest BCUT2D eigenvalue weighted by molar-refractivity contribution is -0.129. The molecule has 0 amide bonds. The second-order valence-corrected chi connectivity index (χ2v) is 7.22. The summed E-state index contributed by atoms with van der Waals surface area (Å²) in [7, 11) is 1.27. The van der Waals surface area contributed by atoms with Gasteiger partial charge < -0.3 is 19.4 Å². The molecule has 0 aliphatic carbocycles. The highest BCUT2D eigenvalue weighted by Gasteiger charge is 2.18. The van der Waals surface area contributed by atoms with Crippen molar-refractivity contribution in [1.82, 2.24) is 0 Å². The van der Waals surface area contributed by atoms with Crippen molar-refractivity contribution >= 4 is 58.1 Å². The van der Waals surface area contributed by atoms with E-state index >= 15 is 0 Å². The fourth-order valence-corrected chi connectivity index (χ4v) is 2.98. The molecule has 10 heteroatoms. The summed E-state index contributed by atoms with van der Waals surface area (Å²) in [5, 5.41) is 13.4. The van der Waals surface area contributed by atoms with Gasteiger partial charge in [-0.05, 0) is 11.6 Å². The van der Waals surface area contributed by atoms with Crippen LogP contribution in [0, 0.1) is 0 Å². The summed E-state index contributed by atoms with van der Waals surface area (Å²) in [6.45, 7) is 0.135. The topological polar surface area (TPSA) is 77.4 Å². The van der Waals surface area contributed by atoms with Crippen molar-refractivity contribution in [2.75, 3.05) is 13.7 Å². The van der Waals surface area contributed by atoms with Crippen LogP contribution in [0.4, 0.5) is 0 Å². The van der Waals surface area contributed by atoms with Crippen LogP contribution in [-0.4, -0.2) is 30.5 Å². The molecule has 0 saturated carbocycles. The summed E-state index contributed by atoms with van der Waals surface area (Å²) in [4.78, 5) is 16.1. The van der Waals surface area contributed by atoms with Crippen molar-refractivity contribution in [2.45, 2.75) is 6.61 Å². The number of halogens is 4. The van der Waals surface area contributed by atoms with Gasteiger partial charge in [-0.3, -0.25) is 0 Å². The first kappa shape index (κ1) is 23.2. The lowest BCUT2D eigenvalue weighted by Gasteiger charge is -2.13. The van der Waals surface area contributed by atoms with E-state index in [1.807, 2.05) is 0 Å². The molecule has 6 nitrogen and oxygen atoms in total. The zero-order valence-electron chi connectivity index (χ0n) is 15.0. The van der Waals surface area contributed by atoms with Crippen LogP contribution in [0.25, 0.3) is 0 Å². The number of carbonyl (C=O) groups is 1. The Kier molecular flexibility index (Phi) is 8.92. The first-order valence-electron chi connectivity index (χ1n) is 8.02. The Morgan fingerprint density at radius 3 is 2.38 bits per heavy atom. The minimum atomic E-state index is -1.22. The van der Waals surface area contributed by atoms with Crippen LogP contribution in [0.1, 0.15) is 11.1 Å². The van der Waals surface area contributed by atoms with Crippen LogP contribution >= 0.6 is 46.4 Å². The van der Waals surface area contributed by atoms with Gasteiger partial charge in [0.1, 0.15) is 30.6 Å². The van der Waals surface area contributed by atoms with Crippen LogP contribution in [0.3, 0.4) is 0 Å². The van der Waals surface area contributed by atoms with Gasteiger partial charge in [-0.1, -0.05) is 75.8 Å². The van der Waals surface area contributed by atoms with Crippen molar-refractivity contribution < 1.29 is 24.2 Å². The van der Waals surface area contributed by atoms with E-state index in [0.29, 0.717) is 16.9 Å². The number of aliphatic carboxylic acids is 1. The molecule has 0 atom stereocenters. The van der Waals surface area contributed by atoms with Crippen LogP contribution in [-0.2, 0) is 16.2 Å². The van der Waals surface area contributed by atoms with Crippen molar-refractivity contribution in [1.29, 1.82) is 0 Å². The zero-order valence-corrected chi connectivity index (χ0v) is 18.0. The van der Waals surface area contributed by atoms with Crippen molar-refractivity contribution in [2.24, 2.45) is 5.16 Å². The van der Waals surface area contributed by atoms with Crippen LogP contribution in [0.2, 0.25) is 10.0 Å². The molecule has 1 N–H and O–H groups in total. The maximum Gasteiger partial charge on any atom is 0.358 e. The first-order valence-corrected chi connectivity index (χ1v) is 9.53. The van der Waals surface area contributed by atoms with Gasteiger partial charge >= 0.3 is 5.97 Å². The molecule has 0 bridgehead atoms. The third kappa shape index (κ3) is 6.72. The van der Waals surface area contributed by atoms with E-state index in [1.54, 1.807) is 24.3 Å². The third-order valence-corrected chi connectivity index (χ3v) is 4.36. The monoisotopic (exact) mass is 477 g/mol. The van der Waals surface area contributed by atoms with Gasteiger partial charge in [-0.2, -0.15) is 0 Å². The van der Waals surface area contributed by atoms with E-state index < -0.39 is 5.97 Å². The second kappa shape index (κ2) is 11.2. The predicted molar refractivity (Wildman–Crippen MR) is 114 cm³/mol. The zero-order chi connectivity index (χ0) is 21.4. The van der Waals surface area contributed by atoms with Crippen molar-refractivity contribution in [3.63, 3.8) is 0 Å². The molecule has 0 aliphatic rings. The number of nitrogens with zero attached hydrogens (tertiary/aromatic N) is 1. The summed E-state index contributed by atoms with van der Waals surface area (Å²) in [5.41, 5.74) is 0.710. The van der Waals surface area contributed by atoms with Gasteiger partial charge in [-0.25, -0.2) is 4.79 Å². The van der Waals surface area contributed by atoms with E-state index in [2.05, 4.69) is 9.99 Å². The molecule has 0 aromatic heterocycles. The van der Waals surface area contributed by atoms with Crippen LogP contribution in [0.5, 0.6) is 11.5 Å². The molecule has 2 aromatic carbocycles. The first-order chi connectivity index (χ1) is 13.8. The van der Waals surface area contributed by atoms with Gasteiger partial charge in [-0.15, -0.1) is 0 Å². The van der Waals surface area contributed by atoms with E-state index in [9.17, 15) is 9.90 Å². The van der Waals surface area contributed by atoms with Gasteiger partial charge in [0.25, 0.3) is 0 Å². The van der Waals surface area contributed by atoms with Gasteiger partial charge in [0.05, 0.1) is 10.0 Å². The molecule has 2 aromatic rings. The van der Waals surface area contributed by atoms with Crippen molar-refractivity contribution in [3.8, 4) is 11.5 Å².